The Morgan fingerprint density at radius 1 is 1.35 bits per heavy atom. The second-order valence-electron chi connectivity index (χ2n) is 6.45. The Kier molecular flexibility index (Phi) is 5.78. The van der Waals surface area contributed by atoms with Gasteiger partial charge in [0.15, 0.2) is 0 Å². The van der Waals surface area contributed by atoms with E-state index in [0.717, 1.165) is 15.1 Å². The van der Waals surface area contributed by atoms with Crippen molar-refractivity contribution in [2.45, 2.75) is 25.3 Å². The number of nitrogens with zero attached hydrogens (tertiary/aromatic N) is 3. The standard InChI is InChI=1S/C17H17Cl2IN4O2/c1-17(23-16(25)26)5-7-24(8-6-17)12-9-21-14(15(20)22-12)10-3-2-4-11(18)13(10)19/h2-4,9,23H,5-8H2,1H3,(H,25,26). The summed E-state index contributed by atoms with van der Waals surface area (Å²) in [4.78, 5) is 22.2. The van der Waals surface area contributed by atoms with Crippen LogP contribution in [0.1, 0.15) is 19.8 Å². The monoisotopic (exact) mass is 506 g/mol. The van der Waals surface area contributed by atoms with Crippen LogP contribution in [0.25, 0.3) is 11.3 Å². The summed E-state index contributed by atoms with van der Waals surface area (Å²) < 4.78 is 0.737. The number of benzene rings is 1. The van der Waals surface area contributed by atoms with E-state index in [1.165, 1.54) is 0 Å². The summed E-state index contributed by atoms with van der Waals surface area (Å²) in [6.07, 6.45) is 2.15. The van der Waals surface area contributed by atoms with Gasteiger partial charge in [0.1, 0.15) is 15.2 Å². The maximum atomic E-state index is 10.9. The van der Waals surface area contributed by atoms with Crippen LogP contribution in [0.15, 0.2) is 24.4 Å². The first-order chi connectivity index (χ1) is 12.3. The summed E-state index contributed by atoms with van der Waals surface area (Å²) in [5, 5.41) is 12.5. The fourth-order valence-electron chi connectivity index (χ4n) is 2.99. The Morgan fingerprint density at radius 2 is 2.04 bits per heavy atom. The van der Waals surface area contributed by atoms with Crippen LogP contribution >= 0.6 is 45.8 Å². The average molecular weight is 507 g/mol. The number of halogens is 3. The van der Waals surface area contributed by atoms with E-state index in [1.807, 2.05) is 19.1 Å². The molecule has 26 heavy (non-hydrogen) atoms. The molecule has 9 heteroatoms. The van der Waals surface area contributed by atoms with E-state index in [0.29, 0.717) is 41.7 Å². The minimum atomic E-state index is -0.988. The lowest BCUT2D eigenvalue weighted by atomic mass is 9.90. The topological polar surface area (TPSA) is 78.4 Å². The zero-order chi connectivity index (χ0) is 18.9. The van der Waals surface area contributed by atoms with E-state index in [4.69, 9.17) is 28.3 Å². The van der Waals surface area contributed by atoms with Crippen molar-refractivity contribution in [3.05, 3.63) is 38.1 Å². The fraction of sp³-hybridized carbons (Fsp3) is 0.353. The van der Waals surface area contributed by atoms with Crippen molar-refractivity contribution in [1.29, 1.82) is 0 Å². The molecule has 0 saturated carbocycles. The molecule has 0 radical (unpaired) electrons. The first-order valence-electron chi connectivity index (χ1n) is 8.02. The molecule has 1 aliphatic heterocycles. The van der Waals surface area contributed by atoms with Crippen molar-refractivity contribution in [2.24, 2.45) is 0 Å². The number of anilines is 1. The van der Waals surface area contributed by atoms with Gasteiger partial charge in [-0.1, -0.05) is 35.3 Å². The first kappa shape index (κ1) is 19.4. The van der Waals surface area contributed by atoms with Gasteiger partial charge in [0.25, 0.3) is 0 Å². The molecule has 2 heterocycles. The van der Waals surface area contributed by atoms with Crippen LogP contribution in [0.3, 0.4) is 0 Å². The molecule has 1 saturated heterocycles. The number of hydrogen-bond acceptors (Lipinski definition) is 4. The summed E-state index contributed by atoms with van der Waals surface area (Å²) in [7, 11) is 0. The SMILES string of the molecule is CC1(NC(=O)O)CCN(c2cnc(-c3cccc(Cl)c3Cl)c(I)n2)CC1. The van der Waals surface area contributed by atoms with Crippen LogP contribution in [-0.2, 0) is 0 Å². The molecule has 2 aromatic rings. The number of amides is 1. The molecule has 0 atom stereocenters. The summed E-state index contributed by atoms with van der Waals surface area (Å²) in [6.45, 7) is 3.34. The predicted molar refractivity (Wildman–Crippen MR) is 111 cm³/mol. The highest BCUT2D eigenvalue weighted by molar-refractivity contribution is 14.1. The summed E-state index contributed by atoms with van der Waals surface area (Å²) in [5.74, 6) is 0.772. The molecule has 0 unspecified atom stereocenters. The maximum absolute atomic E-state index is 10.9. The zero-order valence-electron chi connectivity index (χ0n) is 14.0. The van der Waals surface area contributed by atoms with Gasteiger partial charge in [0.2, 0.25) is 0 Å². The van der Waals surface area contributed by atoms with Gasteiger partial charge in [0.05, 0.1) is 16.2 Å². The number of piperidine rings is 1. The summed E-state index contributed by atoms with van der Waals surface area (Å²) in [6, 6.07) is 5.43. The van der Waals surface area contributed by atoms with E-state index in [9.17, 15) is 4.79 Å². The predicted octanol–water partition coefficient (Wildman–Crippen LogP) is 4.68. The number of hydrogen-bond donors (Lipinski definition) is 2. The van der Waals surface area contributed by atoms with E-state index in [1.54, 1.807) is 12.3 Å². The molecule has 2 N–H and O–H groups in total. The van der Waals surface area contributed by atoms with Crippen molar-refractivity contribution in [2.75, 3.05) is 18.0 Å². The highest BCUT2D eigenvalue weighted by Crippen LogP contribution is 2.35. The molecule has 0 bridgehead atoms. The number of carbonyl (C=O) groups is 1. The number of carboxylic acid groups (broad SMARTS) is 1. The van der Waals surface area contributed by atoms with Crippen molar-refractivity contribution in [3.8, 4) is 11.3 Å². The normalized spacial score (nSPS) is 16.4. The van der Waals surface area contributed by atoms with Crippen molar-refractivity contribution >= 4 is 57.7 Å². The second-order valence-corrected chi connectivity index (χ2v) is 8.25. The van der Waals surface area contributed by atoms with E-state index in [-0.39, 0.29) is 0 Å². The molecule has 0 spiro atoms. The highest BCUT2D eigenvalue weighted by atomic mass is 127. The molecule has 6 nitrogen and oxygen atoms in total. The third-order valence-corrected chi connectivity index (χ3v) is 6.09. The Bertz CT molecular complexity index is 842. The van der Waals surface area contributed by atoms with Gasteiger partial charge >= 0.3 is 6.09 Å². The van der Waals surface area contributed by atoms with Gasteiger partial charge < -0.3 is 15.3 Å². The number of nitrogens with one attached hydrogen (secondary N) is 1. The minimum Gasteiger partial charge on any atom is -0.465 e. The van der Waals surface area contributed by atoms with E-state index >= 15 is 0 Å². The van der Waals surface area contributed by atoms with Crippen LogP contribution in [0.4, 0.5) is 10.6 Å². The van der Waals surface area contributed by atoms with Crippen LogP contribution in [0.5, 0.6) is 0 Å². The molecule has 3 rings (SSSR count). The van der Waals surface area contributed by atoms with Gasteiger partial charge in [-0.15, -0.1) is 0 Å². The molecular weight excluding hydrogens is 490 g/mol. The smallest absolute Gasteiger partial charge is 0.405 e. The van der Waals surface area contributed by atoms with Crippen molar-refractivity contribution in [3.63, 3.8) is 0 Å². The Morgan fingerprint density at radius 3 is 2.65 bits per heavy atom. The second kappa shape index (κ2) is 7.74. The molecule has 1 fully saturated rings. The lowest BCUT2D eigenvalue weighted by Gasteiger charge is -2.39. The molecule has 0 aliphatic carbocycles. The number of aromatic nitrogens is 2. The zero-order valence-corrected chi connectivity index (χ0v) is 17.6. The van der Waals surface area contributed by atoms with E-state index < -0.39 is 11.6 Å². The molecule has 138 valence electrons. The van der Waals surface area contributed by atoms with Crippen molar-refractivity contribution in [1.82, 2.24) is 15.3 Å². The first-order valence-corrected chi connectivity index (χ1v) is 9.85. The fourth-order valence-corrected chi connectivity index (χ4v) is 4.06. The van der Waals surface area contributed by atoms with Crippen LogP contribution < -0.4 is 10.2 Å². The molecule has 1 aromatic carbocycles. The van der Waals surface area contributed by atoms with Gasteiger partial charge in [-0.05, 0) is 48.4 Å². The number of rotatable bonds is 3. The maximum Gasteiger partial charge on any atom is 0.405 e. The third kappa shape index (κ3) is 4.15. The van der Waals surface area contributed by atoms with Gasteiger partial charge in [-0.2, -0.15) is 0 Å². The summed E-state index contributed by atoms with van der Waals surface area (Å²) in [5.41, 5.74) is 1.03. The van der Waals surface area contributed by atoms with Crippen molar-refractivity contribution < 1.29 is 9.90 Å². The molecule has 1 amide bonds. The summed E-state index contributed by atoms with van der Waals surface area (Å²) >= 11 is 14.5. The van der Waals surface area contributed by atoms with E-state index in [2.05, 4.69) is 42.8 Å². The Labute approximate surface area is 175 Å². The lowest BCUT2D eigenvalue weighted by molar-refractivity contribution is 0.173. The molecule has 1 aliphatic rings. The largest absolute Gasteiger partial charge is 0.465 e. The Balaban J connectivity index is 1.79. The molecule has 1 aromatic heterocycles. The van der Waals surface area contributed by atoms with Crippen LogP contribution in [0, 0.1) is 3.70 Å². The quantitative estimate of drug-likeness (QED) is 0.591. The molecular formula is C17H17Cl2IN4O2. The Hall–Kier alpha value is -1.32. The lowest BCUT2D eigenvalue weighted by Crippen LogP contribution is -2.53. The van der Waals surface area contributed by atoms with Gasteiger partial charge in [-0.3, -0.25) is 0 Å². The third-order valence-electron chi connectivity index (χ3n) is 4.52. The van der Waals surface area contributed by atoms with Gasteiger partial charge in [-0.25, -0.2) is 14.8 Å². The minimum absolute atomic E-state index is 0.406. The van der Waals surface area contributed by atoms with Crippen LogP contribution in [0.2, 0.25) is 10.0 Å². The highest BCUT2D eigenvalue weighted by Gasteiger charge is 2.32. The van der Waals surface area contributed by atoms with Gasteiger partial charge in [0, 0.05) is 24.2 Å². The average Bonchev–Trinajstić information content (AvgIpc) is 2.57. The van der Waals surface area contributed by atoms with Crippen LogP contribution in [-0.4, -0.2) is 39.8 Å².